The minimum Gasteiger partial charge on any atom is -0.438 e. The van der Waals surface area contributed by atoms with Crippen LogP contribution >= 0.6 is 7.37 Å². The van der Waals surface area contributed by atoms with Gasteiger partial charge in [-0.2, -0.15) is 15.0 Å². The van der Waals surface area contributed by atoms with Crippen LogP contribution in [0.4, 0.5) is 17.8 Å². The number of para-hydroxylation sites is 1. The summed E-state index contributed by atoms with van der Waals surface area (Å²) in [7, 11) is -3.22. The average molecular weight is 354 g/mol. The highest BCUT2D eigenvalue weighted by Crippen LogP contribution is 2.54. The minimum atomic E-state index is -3.22. The normalized spacial score (nSPS) is 17.9. The van der Waals surface area contributed by atoms with Crippen LogP contribution in [0.2, 0.25) is 0 Å². The Morgan fingerprint density at radius 2 is 1.56 bits per heavy atom. The highest BCUT2D eigenvalue weighted by molar-refractivity contribution is 7.67. The fraction of sp³-hybridized carbons (Fsp3) is 0.0625. The summed E-state index contributed by atoms with van der Waals surface area (Å²) >= 11 is 0. The first-order valence-electron chi connectivity index (χ1n) is 7.54. The van der Waals surface area contributed by atoms with Crippen molar-refractivity contribution in [2.24, 2.45) is 0 Å². The molecule has 0 saturated heterocycles. The van der Waals surface area contributed by atoms with Crippen molar-refractivity contribution < 1.29 is 9.09 Å². The van der Waals surface area contributed by atoms with Gasteiger partial charge in [-0.15, -0.1) is 0 Å². The van der Waals surface area contributed by atoms with Gasteiger partial charge in [-0.05, 0) is 17.7 Å². The van der Waals surface area contributed by atoms with Crippen LogP contribution in [0.3, 0.4) is 0 Å². The molecule has 0 bridgehead atoms. The van der Waals surface area contributed by atoms with Gasteiger partial charge in [0.05, 0.1) is 5.30 Å². The van der Waals surface area contributed by atoms with E-state index in [1.165, 1.54) is 0 Å². The zero-order valence-electron chi connectivity index (χ0n) is 13.1. The summed E-state index contributed by atoms with van der Waals surface area (Å²) in [5.74, 6) is 0.716. The molecule has 0 aliphatic carbocycles. The minimum absolute atomic E-state index is 0.00123. The van der Waals surface area contributed by atoms with Crippen LogP contribution in [0, 0.1) is 0 Å². The molecule has 1 aliphatic rings. The van der Waals surface area contributed by atoms with Gasteiger partial charge in [0.15, 0.2) is 0 Å². The van der Waals surface area contributed by atoms with Gasteiger partial charge >= 0.3 is 0 Å². The van der Waals surface area contributed by atoms with E-state index in [1.54, 1.807) is 6.07 Å². The number of anilines is 3. The lowest BCUT2D eigenvalue weighted by molar-refractivity contribution is 0.493. The van der Waals surface area contributed by atoms with Crippen molar-refractivity contribution in [1.82, 2.24) is 15.0 Å². The third-order valence-corrected chi connectivity index (χ3v) is 6.00. The van der Waals surface area contributed by atoms with E-state index in [1.807, 2.05) is 42.5 Å². The molecule has 0 unspecified atom stereocenters. The number of fused-ring (bicyclic) bond motifs is 3. The fourth-order valence-corrected chi connectivity index (χ4v) is 4.79. The number of hydrogen-bond acceptors (Lipinski definition) is 8. The summed E-state index contributed by atoms with van der Waals surface area (Å²) < 4.78 is 19.4. The predicted octanol–water partition coefficient (Wildman–Crippen LogP) is 2.07. The number of nitrogen functional groups attached to an aromatic ring is 2. The summed E-state index contributed by atoms with van der Waals surface area (Å²) in [5, 5.41) is 3.55. The molecule has 25 heavy (non-hydrogen) atoms. The standard InChI is InChI=1S/C16H15N6O2P/c17-14-20-15(18)22-16(21-14)19-9-25(23)13-8-4-2-6-11(13)10-5-1-3-7-12(10)24-25/h1-8H,9H2,(H5,17,18,19,20,21,22)/t25-/m1/s1. The van der Waals surface area contributed by atoms with Crippen LogP contribution in [0.1, 0.15) is 0 Å². The van der Waals surface area contributed by atoms with E-state index >= 15 is 0 Å². The molecule has 1 aromatic heterocycles. The Bertz CT molecular complexity index is 989. The molecule has 9 heteroatoms. The maximum atomic E-state index is 13.5. The van der Waals surface area contributed by atoms with Gasteiger partial charge in [-0.3, -0.25) is 4.57 Å². The second-order valence-electron chi connectivity index (χ2n) is 5.49. The Labute approximate surface area is 143 Å². The highest BCUT2D eigenvalue weighted by Gasteiger charge is 2.35. The largest absolute Gasteiger partial charge is 0.438 e. The van der Waals surface area contributed by atoms with Crippen molar-refractivity contribution in [2.45, 2.75) is 0 Å². The molecule has 0 saturated carbocycles. The molecule has 4 rings (SSSR count). The van der Waals surface area contributed by atoms with E-state index in [0.29, 0.717) is 11.1 Å². The molecule has 1 atom stereocenters. The summed E-state index contributed by atoms with van der Waals surface area (Å²) in [6.07, 6.45) is 0.00123. The van der Waals surface area contributed by atoms with E-state index in [4.69, 9.17) is 16.0 Å². The Hall–Kier alpha value is -3.12. The van der Waals surface area contributed by atoms with Crippen molar-refractivity contribution in [3.8, 4) is 16.9 Å². The topological polar surface area (TPSA) is 129 Å². The quantitative estimate of drug-likeness (QED) is 0.610. The lowest BCUT2D eigenvalue weighted by Crippen LogP contribution is -2.23. The maximum absolute atomic E-state index is 13.5. The van der Waals surface area contributed by atoms with Gasteiger partial charge in [0.2, 0.25) is 17.8 Å². The Kier molecular flexibility index (Phi) is 3.54. The van der Waals surface area contributed by atoms with Gasteiger partial charge < -0.3 is 21.3 Å². The zero-order chi connectivity index (χ0) is 17.4. The average Bonchev–Trinajstić information content (AvgIpc) is 2.60. The van der Waals surface area contributed by atoms with Crippen molar-refractivity contribution in [3.05, 3.63) is 48.5 Å². The first-order chi connectivity index (χ1) is 12.0. The maximum Gasteiger partial charge on any atom is 0.296 e. The van der Waals surface area contributed by atoms with Gasteiger partial charge in [-0.1, -0.05) is 36.4 Å². The van der Waals surface area contributed by atoms with Crippen LogP contribution < -0.4 is 26.6 Å². The summed E-state index contributed by atoms with van der Waals surface area (Å²) in [6.45, 7) is 0. The van der Waals surface area contributed by atoms with E-state index in [9.17, 15) is 4.57 Å². The molecule has 2 aromatic carbocycles. The lowest BCUT2D eigenvalue weighted by Gasteiger charge is -2.28. The second-order valence-corrected chi connectivity index (χ2v) is 7.82. The number of nitrogens with two attached hydrogens (primary N) is 2. The highest BCUT2D eigenvalue weighted by atomic mass is 31.2. The molecule has 5 N–H and O–H groups in total. The van der Waals surface area contributed by atoms with Crippen molar-refractivity contribution >= 4 is 30.5 Å². The van der Waals surface area contributed by atoms with Gasteiger partial charge in [0.1, 0.15) is 12.0 Å². The molecule has 1 aliphatic heterocycles. The molecular formula is C16H15N6O2P. The van der Waals surface area contributed by atoms with Crippen molar-refractivity contribution in [3.63, 3.8) is 0 Å². The third kappa shape index (κ3) is 2.77. The fourth-order valence-electron chi connectivity index (χ4n) is 2.76. The monoisotopic (exact) mass is 354 g/mol. The van der Waals surface area contributed by atoms with Crippen LogP contribution in [-0.2, 0) is 4.57 Å². The molecule has 8 nitrogen and oxygen atoms in total. The van der Waals surface area contributed by atoms with Crippen molar-refractivity contribution in [2.75, 3.05) is 23.1 Å². The van der Waals surface area contributed by atoms with Gasteiger partial charge in [0.25, 0.3) is 7.37 Å². The second kappa shape index (κ2) is 5.75. The van der Waals surface area contributed by atoms with E-state index < -0.39 is 7.37 Å². The predicted molar refractivity (Wildman–Crippen MR) is 96.9 cm³/mol. The number of nitrogens with zero attached hydrogens (tertiary/aromatic N) is 3. The number of nitrogens with one attached hydrogen (secondary N) is 1. The molecule has 0 radical (unpaired) electrons. The summed E-state index contributed by atoms with van der Waals surface area (Å²) in [6, 6.07) is 15.0. The number of hydrogen-bond donors (Lipinski definition) is 3. The van der Waals surface area contributed by atoms with Gasteiger partial charge in [0, 0.05) is 5.56 Å². The first-order valence-corrected chi connectivity index (χ1v) is 9.35. The first kappa shape index (κ1) is 15.4. The third-order valence-electron chi connectivity index (χ3n) is 3.81. The molecule has 2 heterocycles. The number of rotatable bonds is 3. The number of benzene rings is 2. The van der Waals surface area contributed by atoms with Crippen molar-refractivity contribution in [1.29, 1.82) is 0 Å². The lowest BCUT2D eigenvalue weighted by atomic mass is 10.0. The molecule has 3 aromatic rings. The van der Waals surface area contributed by atoms with Crippen LogP contribution in [0.5, 0.6) is 5.75 Å². The van der Waals surface area contributed by atoms with Gasteiger partial charge in [-0.25, -0.2) is 0 Å². The molecule has 0 fully saturated rings. The smallest absolute Gasteiger partial charge is 0.296 e. The van der Waals surface area contributed by atoms with Crippen LogP contribution in [0.25, 0.3) is 11.1 Å². The number of aromatic nitrogens is 3. The van der Waals surface area contributed by atoms with E-state index in [0.717, 1.165) is 11.1 Å². The van der Waals surface area contributed by atoms with Crippen LogP contribution in [-0.4, -0.2) is 21.2 Å². The summed E-state index contributed by atoms with van der Waals surface area (Å²) in [4.78, 5) is 11.6. The Morgan fingerprint density at radius 3 is 2.32 bits per heavy atom. The Balaban J connectivity index is 1.71. The molecule has 0 amide bonds. The Morgan fingerprint density at radius 1 is 0.920 bits per heavy atom. The molecular weight excluding hydrogens is 339 g/mol. The molecule has 126 valence electrons. The van der Waals surface area contributed by atoms with E-state index in [2.05, 4.69) is 20.3 Å². The summed E-state index contributed by atoms with van der Waals surface area (Å²) in [5.41, 5.74) is 12.9. The SMILES string of the molecule is Nc1nc(N)nc(NC[P@@]2(=O)Oc3ccccc3-c3ccccc32)n1. The zero-order valence-corrected chi connectivity index (χ0v) is 14.0. The van der Waals surface area contributed by atoms with E-state index in [-0.39, 0.29) is 24.1 Å². The molecule has 0 spiro atoms. The van der Waals surface area contributed by atoms with Crippen LogP contribution in [0.15, 0.2) is 48.5 Å².